The molecule has 3 rings (SSSR count). The summed E-state index contributed by atoms with van der Waals surface area (Å²) in [6, 6.07) is 10.2. The van der Waals surface area contributed by atoms with Gasteiger partial charge in [-0.3, -0.25) is 9.88 Å². The summed E-state index contributed by atoms with van der Waals surface area (Å²) in [6.45, 7) is 3.78. The summed E-state index contributed by atoms with van der Waals surface area (Å²) >= 11 is 12.2. The highest BCUT2D eigenvalue weighted by molar-refractivity contribution is 6.34. The molecule has 2 aromatic rings. The average molecular weight is 322 g/mol. The van der Waals surface area contributed by atoms with Crippen molar-refractivity contribution < 1.29 is 0 Å². The molecule has 1 saturated heterocycles. The highest BCUT2D eigenvalue weighted by Crippen LogP contribution is 2.26. The van der Waals surface area contributed by atoms with Crippen LogP contribution in [0.25, 0.3) is 0 Å². The smallest absolute Gasteiger partial charge is 0.0477 e. The molecule has 1 aromatic heterocycles. The predicted molar refractivity (Wildman–Crippen MR) is 86.7 cm³/mol. The second-order valence-corrected chi connectivity index (χ2v) is 6.12. The van der Waals surface area contributed by atoms with Crippen molar-refractivity contribution in [1.29, 1.82) is 0 Å². The zero-order chi connectivity index (χ0) is 14.7. The summed E-state index contributed by atoms with van der Waals surface area (Å²) in [5, 5.41) is 4.83. The highest BCUT2D eigenvalue weighted by Gasteiger charge is 2.23. The zero-order valence-corrected chi connectivity index (χ0v) is 13.1. The Bertz CT molecular complexity index is 583. The maximum Gasteiger partial charge on any atom is 0.0477 e. The monoisotopic (exact) mass is 321 g/mol. The summed E-state index contributed by atoms with van der Waals surface area (Å²) in [6.07, 6.45) is 3.69. The van der Waals surface area contributed by atoms with Crippen LogP contribution in [0.1, 0.15) is 17.2 Å². The first-order chi connectivity index (χ1) is 10.2. The van der Waals surface area contributed by atoms with E-state index in [4.69, 9.17) is 23.2 Å². The molecule has 1 fully saturated rings. The van der Waals surface area contributed by atoms with Gasteiger partial charge in [0.05, 0.1) is 0 Å². The lowest BCUT2D eigenvalue weighted by Gasteiger charge is -2.36. The van der Waals surface area contributed by atoms with Crippen molar-refractivity contribution in [3.63, 3.8) is 0 Å². The highest BCUT2D eigenvalue weighted by atomic mass is 35.5. The van der Waals surface area contributed by atoms with E-state index in [-0.39, 0.29) is 0 Å². The number of hydrogen-bond donors (Lipinski definition) is 1. The van der Waals surface area contributed by atoms with Crippen molar-refractivity contribution in [2.24, 2.45) is 0 Å². The van der Waals surface area contributed by atoms with Crippen molar-refractivity contribution in [3.8, 4) is 0 Å². The van der Waals surface area contributed by atoms with E-state index in [9.17, 15) is 0 Å². The van der Waals surface area contributed by atoms with E-state index in [2.05, 4.69) is 27.3 Å². The zero-order valence-electron chi connectivity index (χ0n) is 11.6. The third-order valence-electron chi connectivity index (χ3n) is 3.75. The van der Waals surface area contributed by atoms with Crippen molar-refractivity contribution in [2.45, 2.75) is 12.6 Å². The molecule has 1 aromatic carbocycles. The number of nitrogens with one attached hydrogen (secondary N) is 1. The predicted octanol–water partition coefficient (Wildman–Crippen LogP) is 3.53. The second kappa shape index (κ2) is 6.75. The molecule has 1 aliphatic heterocycles. The lowest BCUT2D eigenvalue weighted by atomic mass is 10.0. The minimum absolute atomic E-state index is 0.347. The maximum absolute atomic E-state index is 6.10. The van der Waals surface area contributed by atoms with Crippen LogP contribution < -0.4 is 5.32 Å². The van der Waals surface area contributed by atoms with Gasteiger partial charge in [-0.05, 0) is 41.5 Å². The van der Waals surface area contributed by atoms with Crippen LogP contribution in [0, 0.1) is 0 Å². The van der Waals surface area contributed by atoms with E-state index in [0.29, 0.717) is 16.1 Å². The number of halogens is 2. The summed E-state index contributed by atoms with van der Waals surface area (Å²) in [5.74, 6) is 0. The van der Waals surface area contributed by atoms with E-state index in [1.165, 1.54) is 5.56 Å². The molecule has 3 nitrogen and oxygen atoms in total. The Labute approximate surface area is 134 Å². The molecule has 0 radical (unpaired) electrons. The number of nitrogens with zero attached hydrogens (tertiary/aromatic N) is 2. The van der Waals surface area contributed by atoms with Gasteiger partial charge in [0.15, 0.2) is 0 Å². The number of rotatable bonds is 3. The Hall–Kier alpha value is -1.13. The number of hydrogen-bond acceptors (Lipinski definition) is 3. The topological polar surface area (TPSA) is 28.2 Å². The first kappa shape index (κ1) is 14.8. The number of benzene rings is 1. The summed E-state index contributed by atoms with van der Waals surface area (Å²) in [7, 11) is 0. The van der Waals surface area contributed by atoms with Crippen molar-refractivity contribution in [3.05, 3.63) is 63.9 Å². The molecule has 21 heavy (non-hydrogen) atoms. The van der Waals surface area contributed by atoms with Crippen LogP contribution in [0.3, 0.4) is 0 Å². The largest absolute Gasteiger partial charge is 0.314 e. The van der Waals surface area contributed by atoms with Gasteiger partial charge in [-0.15, -0.1) is 0 Å². The standard InChI is InChI=1S/C16H17Cl2N3/c17-14-7-12(8-15(18)9-14)11-21-6-5-20-10-16(21)13-1-3-19-4-2-13/h1-4,7-9,16,20H,5-6,10-11H2. The molecule has 2 heterocycles. The lowest BCUT2D eigenvalue weighted by molar-refractivity contribution is 0.153. The molecule has 0 spiro atoms. The number of pyridine rings is 1. The third-order valence-corrected chi connectivity index (χ3v) is 4.19. The number of piperazine rings is 1. The molecule has 0 amide bonds. The van der Waals surface area contributed by atoms with Crippen LogP contribution in [-0.4, -0.2) is 29.5 Å². The molecule has 1 aliphatic rings. The Balaban J connectivity index is 1.81. The first-order valence-corrected chi connectivity index (χ1v) is 7.77. The SMILES string of the molecule is Clc1cc(Cl)cc(CN2CCNCC2c2ccncc2)c1. The van der Waals surface area contributed by atoms with E-state index >= 15 is 0 Å². The Morgan fingerprint density at radius 1 is 1.14 bits per heavy atom. The van der Waals surface area contributed by atoms with Gasteiger partial charge in [0.25, 0.3) is 0 Å². The van der Waals surface area contributed by atoms with Crippen molar-refractivity contribution >= 4 is 23.2 Å². The first-order valence-electron chi connectivity index (χ1n) is 7.02. The van der Waals surface area contributed by atoms with Gasteiger partial charge in [0, 0.05) is 54.7 Å². The maximum atomic E-state index is 6.10. The minimum atomic E-state index is 0.347. The molecular weight excluding hydrogens is 305 g/mol. The fourth-order valence-corrected chi connectivity index (χ4v) is 3.36. The quantitative estimate of drug-likeness (QED) is 0.937. The molecule has 1 atom stereocenters. The third kappa shape index (κ3) is 3.74. The fraction of sp³-hybridized carbons (Fsp3) is 0.312. The van der Waals surface area contributed by atoms with Crippen molar-refractivity contribution in [1.82, 2.24) is 15.2 Å². The van der Waals surface area contributed by atoms with Gasteiger partial charge in [0.1, 0.15) is 0 Å². The van der Waals surface area contributed by atoms with Gasteiger partial charge < -0.3 is 5.32 Å². The van der Waals surface area contributed by atoms with Gasteiger partial charge in [0.2, 0.25) is 0 Å². The summed E-state index contributed by atoms with van der Waals surface area (Å²) in [5.41, 5.74) is 2.43. The molecule has 5 heteroatoms. The van der Waals surface area contributed by atoms with Gasteiger partial charge in [-0.2, -0.15) is 0 Å². The molecule has 1 unspecified atom stereocenters. The normalized spacial score (nSPS) is 19.6. The van der Waals surface area contributed by atoms with Crippen LogP contribution in [0.2, 0.25) is 10.0 Å². The molecule has 0 bridgehead atoms. The molecule has 110 valence electrons. The summed E-state index contributed by atoms with van der Waals surface area (Å²) < 4.78 is 0. The van der Waals surface area contributed by atoms with Crippen LogP contribution in [0.5, 0.6) is 0 Å². The van der Waals surface area contributed by atoms with Crippen LogP contribution in [0.4, 0.5) is 0 Å². The molecular formula is C16H17Cl2N3. The van der Waals surface area contributed by atoms with Crippen LogP contribution in [0.15, 0.2) is 42.7 Å². The van der Waals surface area contributed by atoms with Gasteiger partial charge in [-0.25, -0.2) is 0 Å². The van der Waals surface area contributed by atoms with E-state index < -0.39 is 0 Å². The number of aromatic nitrogens is 1. The van der Waals surface area contributed by atoms with E-state index in [1.54, 1.807) is 6.07 Å². The summed E-state index contributed by atoms with van der Waals surface area (Å²) in [4.78, 5) is 6.55. The van der Waals surface area contributed by atoms with Gasteiger partial charge in [-0.1, -0.05) is 23.2 Å². The van der Waals surface area contributed by atoms with Crippen LogP contribution >= 0.6 is 23.2 Å². The molecule has 0 saturated carbocycles. The lowest BCUT2D eigenvalue weighted by Crippen LogP contribution is -2.45. The second-order valence-electron chi connectivity index (χ2n) is 5.25. The average Bonchev–Trinajstić information content (AvgIpc) is 2.48. The fourth-order valence-electron chi connectivity index (χ4n) is 2.79. The molecule has 0 aliphatic carbocycles. The molecule has 1 N–H and O–H groups in total. The van der Waals surface area contributed by atoms with E-state index in [1.807, 2.05) is 24.5 Å². The Morgan fingerprint density at radius 3 is 2.57 bits per heavy atom. The Kier molecular flexibility index (Phi) is 4.76. The minimum Gasteiger partial charge on any atom is -0.314 e. The van der Waals surface area contributed by atoms with Gasteiger partial charge >= 0.3 is 0 Å². The van der Waals surface area contributed by atoms with Crippen LogP contribution in [-0.2, 0) is 6.54 Å². The Morgan fingerprint density at radius 2 is 1.86 bits per heavy atom. The van der Waals surface area contributed by atoms with E-state index in [0.717, 1.165) is 31.7 Å². The van der Waals surface area contributed by atoms with Crippen molar-refractivity contribution in [2.75, 3.05) is 19.6 Å².